The summed E-state index contributed by atoms with van der Waals surface area (Å²) in [6.45, 7) is 1.70. The number of likely N-dealkylation sites (N-methyl/N-ethyl adjacent to an activating group) is 1. The monoisotopic (exact) mass is 292 g/mol. The van der Waals surface area contributed by atoms with E-state index in [1.54, 1.807) is 6.92 Å². The van der Waals surface area contributed by atoms with Gasteiger partial charge in [0.1, 0.15) is 0 Å². The largest absolute Gasteiger partial charge is 0.390 e. The number of hydrogen-bond donors (Lipinski definition) is 2. The number of aryl methyl sites for hydroxylation is 1. The van der Waals surface area contributed by atoms with Gasteiger partial charge in [-0.05, 0) is 30.7 Å². The zero-order valence-corrected chi connectivity index (χ0v) is 11.9. The highest BCUT2D eigenvalue weighted by atomic mass is 35.5. The summed E-state index contributed by atoms with van der Waals surface area (Å²) < 4.78 is 25.4. The topological polar surface area (TPSA) is 83.6 Å². The van der Waals surface area contributed by atoms with E-state index in [4.69, 9.17) is 17.3 Å². The maximum atomic E-state index is 12.2. The van der Waals surface area contributed by atoms with Crippen LogP contribution in [0.25, 0.3) is 0 Å². The first-order chi connectivity index (χ1) is 8.28. The molecule has 1 aromatic rings. The lowest BCUT2D eigenvalue weighted by atomic mass is 10.2. The highest BCUT2D eigenvalue weighted by Crippen LogP contribution is 2.21. The minimum atomic E-state index is -3.62. The van der Waals surface area contributed by atoms with Gasteiger partial charge in [0.25, 0.3) is 0 Å². The average Bonchev–Trinajstić information content (AvgIpc) is 2.32. The molecule has 0 fully saturated rings. The molecule has 18 heavy (non-hydrogen) atoms. The van der Waals surface area contributed by atoms with Crippen molar-refractivity contribution in [1.29, 1.82) is 0 Å². The van der Waals surface area contributed by atoms with Gasteiger partial charge in [0.15, 0.2) is 0 Å². The van der Waals surface area contributed by atoms with Gasteiger partial charge in [0.2, 0.25) is 10.0 Å². The van der Waals surface area contributed by atoms with Gasteiger partial charge >= 0.3 is 0 Å². The van der Waals surface area contributed by atoms with Crippen molar-refractivity contribution in [1.82, 2.24) is 4.31 Å². The van der Waals surface area contributed by atoms with Crippen LogP contribution in [-0.2, 0) is 10.0 Å². The molecule has 0 spiro atoms. The van der Waals surface area contributed by atoms with Crippen LogP contribution in [0.2, 0.25) is 5.02 Å². The molecule has 0 amide bonds. The lowest BCUT2D eigenvalue weighted by Gasteiger charge is -2.20. The number of benzene rings is 1. The van der Waals surface area contributed by atoms with Crippen LogP contribution in [-0.4, -0.2) is 44.1 Å². The third-order valence-electron chi connectivity index (χ3n) is 2.58. The summed E-state index contributed by atoms with van der Waals surface area (Å²) in [5.41, 5.74) is 5.94. The zero-order chi connectivity index (χ0) is 13.9. The van der Waals surface area contributed by atoms with Gasteiger partial charge in [-0.3, -0.25) is 0 Å². The van der Waals surface area contributed by atoms with Gasteiger partial charge in [0.05, 0.1) is 11.0 Å². The summed E-state index contributed by atoms with van der Waals surface area (Å²) in [7, 11) is -2.22. The van der Waals surface area contributed by atoms with Crippen molar-refractivity contribution >= 4 is 21.6 Å². The molecule has 3 N–H and O–H groups in total. The molecule has 7 heteroatoms. The summed E-state index contributed by atoms with van der Waals surface area (Å²) in [6, 6.07) is 4.48. The summed E-state index contributed by atoms with van der Waals surface area (Å²) in [6.07, 6.45) is -0.877. The molecule has 0 aliphatic heterocycles. The van der Waals surface area contributed by atoms with E-state index in [1.807, 2.05) is 0 Å². The zero-order valence-electron chi connectivity index (χ0n) is 10.3. The second-order valence-electron chi connectivity index (χ2n) is 4.09. The Morgan fingerprint density at radius 2 is 2.11 bits per heavy atom. The van der Waals surface area contributed by atoms with Crippen LogP contribution < -0.4 is 5.73 Å². The first kappa shape index (κ1) is 15.4. The predicted octanol–water partition coefficient (Wildman–Crippen LogP) is 0.589. The van der Waals surface area contributed by atoms with Crippen LogP contribution in [0, 0.1) is 6.92 Å². The van der Waals surface area contributed by atoms with Crippen LogP contribution in [0.15, 0.2) is 23.1 Å². The van der Waals surface area contributed by atoms with E-state index in [-0.39, 0.29) is 18.0 Å². The molecule has 0 heterocycles. The average molecular weight is 293 g/mol. The van der Waals surface area contributed by atoms with Gasteiger partial charge in [-0.25, -0.2) is 8.42 Å². The molecule has 102 valence electrons. The minimum absolute atomic E-state index is 0.0134. The smallest absolute Gasteiger partial charge is 0.242 e. The Hall–Kier alpha value is -0.660. The van der Waals surface area contributed by atoms with Crippen molar-refractivity contribution in [3.8, 4) is 0 Å². The second kappa shape index (κ2) is 5.99. The third kappa shape index (κ3) is 3.43. The number of sulfonamides is 1. The Labute approximate surface area is 112 Å². The van der Waals surface area contributed by atoms with E-state index in [2.05, 4.69) is 0 Å². The Morgan fingerprint density at radius 1 is 1.50 bits per heavy atom. The first-order valence-corrected chi connectivity index (χ1v) is 7.21. The number of aliphatic hydroxyl groups excluding tert-OH is 1. The molecule has 0 unspecified atom stereocenters. The molecule has 1 rings (SSSR count). The molecule has 0 saturated carbocycles. The van der Waals surface area contributed by atoms with E-state index < -0.39 is 16.1 Å². The van der Waals surface area contributed by atoms with Crippen LogP contribution in [0.3, 0.4) is 0 Å². The maximum Gasteiger partial charge on any atom is 0.242 e. The molecule has 0 aliphatic carbocycles. The van der Waals surface area contributed by atoms with E-state index in [0.717, 1.165) is 4.31 Å². The van der Waals surface area contributed by atoms with Crippen molar-refractivity contribution in [3.63, 3.8) is 0 Å². The number of nitrogens with two attached hydrogens (primary N) is 1. The fourth-order valence-electron chi connectivity index (χ4n) is 1.43. The van der Waals surface area contributed by atoms with E-state index in [0.29, 0.717) is 10.6 Å². The van der Waals surface area contributed by atoms with E-state index in [9.17, 15) is 13.5 Å². The van der Waals surface area contributed by atoms with Gasteiger partial charge in [0, 0.05) is 25.2 Å². The number of nitrogens with zero attached hydrogens (tertiary/aromatic N) is 1. The van der Waals surface area contributed by atoms with Crippen molar-refractivity contribution < 1.29 is 13.5 Å². The number of halogens is 1. The van der Waals surface area contributed by atoms with Gasteiger partial charge in [-0.2, -0.15) is 4.31 Å². The van der Waals surface area contributed by atoms with Gasteiger partial charge < -0.3 is 10.8 Å². The van der Waals surface area contributed by atoms with E-state index >= 15 is 0 Å². The summed E-state index contributed by atoms with van der Waals surface area (Å²) >= 11 is 5.85. The lowest BCUT2D eigenvalue weighted by Crippen LogP contribution is -2.37. The second-order valence-corrected chi connectivity index (χ2v) is 6.54. The highest BCUT2D eigenvalue weighted by molar-refractivity contribution is 7.89. The Morgan fingerprint density at radius 3 is 2.61 bits per heavy atom. The highest BCUT2D eigenvalue weighted by Gasteiger charge is 2.22. The molecular weight excluding hydrogens is 276 g/mol. The fraction of sp³-hybridized carbons (Fsp3) is 0.455. The van der Waals surface area contributed by atoms with Gasteiger partial charge in [-0.15, -0.1) is 0 Å². The van der Waals surface area contributed by atoms with Crippen molar-refractivity contribution in [2.75, 3.05) is 20.1 Å². The van der Waals surface area contributed by atoms with Gasteiger partial charge in [-0.1, -0.05) is 11.6 Å². The standard InChI is InChI=1S/C11H17ClN2O3S/c1-8-5-10(3-4-11(8)12)18(16,17)14(2)7-9(15)6-13/h3-5,9,15H,6-7,13H2,1-2H3/t9-/m1/s1. The predicted molar refractivity (Wildman–Crippen MR) is 71.1 cm³/mol. The van der Waals surface area contributed by atoms with Crippen molar-refractivity contribution in [3.05, 3.63) is 28.8 Å². The van der Waals surface area contributed by atoms with Crippen molar-refractivity contribution in [2.24, 2.45) is 5.73 Å². The number of rotatable bonds is 5. The fourth-order valence-corrected chi connectivity index (χ4v) is 2.84. The SMILES string of the molecule is Cc1cc(S(=O)(=O)N(C)C[C@H](O)CN)ccc1Cl. The quantitative estimate of drug-likeness (QED) is 0.832. The third-order valence-corrected chi connectivity index (χ3v) is 4.82. The number of hydrogen-bond acceptors (Lipinski definition) is 4. The first-order valence-electron chi connectivity index (χ1n) is 5.39. The Kier molecular flexibility index (Phi) is 5.12. The van der Waals surface area contributed by atoms with E-state index in [1.165, 1.54) is 25.2 Å². The minimum Gasteiger partial charge on any atom is -0.390 e. The molecule has 0 aromatic heterocycles. The maximum absolute atomic E-state index is 12.2. The lowest BCUT2D eigenvalue weighted by molar-refractivity contribution is 0.160. The normalized spacial score (nSPS) is 13.9. The summed E-state index contributed by atoms with van der Waals surface area (Å²) in [5, 5.41) is 9.90. The Bertz CT molecular complexity index is 519. The molecule has 1 atom stereocenters. The molecule has 0 saturated heterocycles. The summed E-state index contributed by atoms with van der Waals surface area (Å²) in [5.74, 6) is 0. The molecule has 0 bridgehead atoms. The Balaban J connectivity index is 3.02. The van der Waals surface area contributed by atoms with Crippen molar-refractivity contribution in [2.45, 2.75) is 17.9 Å². The molecule has 0 radical (unpaired) electrons. The van der Waals surface area contributed by atoms with Crippen LogP contribution in [0.5, 0.6) is 0 Å². The van der Waals surface area contributed by atoms with Crippen LogP contribution in [0.4, 0.5) is 0 Å². The molecular formula is C11H17ClN2O3S. The van der Waals surface area contributed by atoms with Crippen LogP contribution >= 0.6 is 11.6 Å². The summed E-state index contributed by atoms with van der Waals surface area (Å²) in [4.78, 5) is 0.149. The molecule has 0 aliphatic rings. The molecule has 5 nitrogen and oxygen atoms in total. The molecule has 1 aromatic carbocycles. The number of aliphatic hydroxyl groups is 1. The van der Waals surface area contributed by atoms with Crippen LogP contribution in [0.1, 0.15) is 5.56 Å².